The summed E-state index contributed by atoms with van der Waals surface area (Å²) in [5.74, 6) is 5.69. The summed E-state index contributed by atoms with van der Waals surface area (Å²) in [6, 6.07) is 0. The fourth-order valence-electron chi connectivity index (χ4n) is 0.556. The number of hydrazone groups is 2. The van der Waals surface area contributed by atoms with Gasteiger partial charge in [0.2, 0.25) is 0 Å². The van der Waals surface area contributed by atoms with Gasteiger partial charge in [0.15, 0.2) is 0 Å². The SMILES string of the molecule is CC1=NNC(=NN)C1. The molecular weight excluding hydrogens is 104 g/mol. The first kappa shape index (κ1) is 5.08. The third kappa shape index (κ3) is 0.776. The lowest BCUT2D eigenvalue weighted by Gasteiger charge is -1.87. The molecule has 4 heteroatoms. The van der Waals surface area contributed by atoms with Crippen LogP contribution in [0.1, 0.15) is 13.3 Å². The minimum absolute atomic E-state index is 0.738. The molecule has 1 aliphatic rings. The van der Waals surface area contributed by atoms with Crippen molar-refractivity contribution in [3.05, 3.63) is 0 Å². The van der Waals surface area contributed by atoms with Gasteiger partial charge in [-0.15, -0.1) is 0 Å². The molecule has 1 rings (SSSR count). The molecule has 0 saturated carbocycles. The molecule has 0 bridgehead atoms. The Morgan fingerprint density at radius 3 is 2.88 bits per heavy atom. The van der Waals surface area contributed by atoms with Crippen LogP contribution in [0.2, 0.25) is 0 Å². The third-order valence-corrected chi connectivity index (χ3v) is 0.955. The Labute approximate surface area is 47.4 Å². The van der Waals surface area contributed by atoms with E-state index in [0.717, 1.165) is 18.0 Å². The normalized spacial score (nSPS) is 23.1. The maximum absolute atomic E-state index is 4.95. The molecule has 0 aromatic carbocycles. The highest BCUT2D eigenvalue weighted by Crippen LogP contribution is 1.93. The van der Waals surface area contributed by atoms with Crippen molar-refractivity contribution in [2.75, 3.05) is 0 Å². The van der Waals surface area contributed by atoms with Gasteiger partial charge in [0.25, 0.3) is 0 Å². The van der Waals surface area contributed by atoms with E-state index in [1.54, 1.807) is 0 Å². The minimum Gasteiger partial charge on any atom is -0.322 e. The van der Waals surface area contributed by atoms with E-state index in [1.807, 2.05) is 6.92 Å². The van der Waals surface area contributed by atoms with Crippen molar-refractivity contribution in [2.45, 2.75) is 13.3 Å². The van der Waals surface area contributed by atoms with Crippen LogP contribution in [0, 0.1) is 0 Å². The fraction of sp³-hybridized carbons (Fsp3) is 0.500. The van der Waals surface area contributed by atoms with Crippen molar-refractivity contribution < 1.29 is 0 Å². The Morgan fingerprint density at radius 1 is 1.88 bits per heavy atom. The van der Waals surface area contributed by atoms with Crippen LogP contribution in [-0.4, -0.2) is 11.5 Å². The second kappa shape index (κ2) is 1.81. The average Bonchev–Trinajstić information content (AvgIpc) is 2.14. The molecule has 4 nitrogen and oxygen atoms in total. The largest absolute Gasteiger partial charge is 0.322 e. The molecule has 0 aromatic rings. The molecule has 0 atom stereocenters. The summed E-state index contributed by atoms with van der Waals surface area (Å²) in [6.45, 7) is 1.92. The molecule has 0 aromatic heterocycles. The summed E-state index contributed by atoms with van der Waals surface area (Å²) in [7, 11) is 0. The minimum atomic E-state index is 0.738. The predicted octanol–water partition coefficient (Wildman–Crippen LogP) is -0.372. The van der Waals surface area contributed by atoms with Gasteiger partial charge < -0.3 is 5.84 Å². The molecule has 44 valence electrons. The van der Waals surface area contributed by atoms with Crippen LogP contribution in [-0.2, 0) is 0 Å². The highest BCUT2D eigenvalue weighted by atomic mass is 15.4. The van der Waals surface area contributed by atoms with Crippen LogP contribution >= 0.6 is 0 Å². The van der Waals surface area contributed by atoms with Gasteiger partial charge in [-0.25, -0.2) is 0 Å². The quantitative estimate of drug-likeness (QED) is 0.331. The van der Waals surface area contributed by atoms with Gasteiger partial charge in [-0.05, 0) is 6.92 Å². The van der Waals surface area contributed by atoms with E-state index in [-0.39, 0.29) is 0 Å². The first-order valence-electron chi connectivity index (χ1n) is 2.39. The van der Waals surface area contributed by atoms with Crippen molar-refractivity contribution in [1.29, 1.82) is 0 Å². The standard InChI is InChI=1S/C4H8N4/c1-3-2-4(6-5)8-7-3/h2,5H2,1H3,(H,6,8). The summed E-state index contributed by atoms with van der Waals surface area (Å²) in [5, 5.41) is 7.27. The number of rotatable bonds is 0. The smallest absolute Gasteiger partial charge is 0.147 e. The maximum Gasteiger partial charge on any atom is 0.147 e. The Hall–Kier alpha value is -1.06. The Balaban J connectivity index is 2.56. The Morgan fingerprint density at radius 2 is 2.62 bits per heavy atom. The molecule has 1 heterocycles. The van der Waals surface area contributed by atoms with E-state index in [4.69, 9.17) is 5.84 Å². The van der Waals surface area contributed by atoms with Crippen molar-refractivity contribution in [2.24, 2.45) is 16.0 Å². The van der Waals surface area contributed by atoms with Gasteiger partial charge in [-0.3, -0.25) is 5.43 Å². The van der Waals surface area contributed by atoms with Crippen LogP contribution in [0.4, 0.5) is 0 Å². The molecule has 0 amide bonds. The molecular formula is C4H8N4. The molecule has 0 spiro atoms. The first-order chi connectivity index (χ1) is 3.83. The van der Waals surface area contributed by atoms with E-state index in [2.05, 4.69) is 15.6 Å². The second-order valence-corrected chi connectivity index (χ2v) is 1.71. The lowest BCUT2D eigenvalue weighted by atomic mass is 10.3. The summed E-state index contributed by atoms with van der Waals surface area (Å²) < 4.78 is 0. The monoisotopic (exact) mass is 112 g/mol. The van der Waals surface area contributed by atoms with Gasteiger partial charge >= 0.3 is 0 Å². The zero-order valence-corrected chi connectivity index (χ0v) is 4.68. The molecule has 3 N–H and O–H groups in total. The van der Waals surface area contributed by atoms with E-state index in [0.29, 0.717) is 0 Å². The van der Waals surface area contributed by atoms with Gasteiger partial charge in [-0.2, -0.15) is 10.2 Å². The number of amidine groups is 1. The van der Waals surface area contributed by atoms with Crippen molar-refractivity contribution in [1.82, 2.24) is 5.43 Å². The summed E-state index contributed by atoms with van der Waals surface area (Å²) in [4.78, 5) is 0. The Kier molecular flexibility index (Phi) is 1.15. The van der Waals surface area contributed by atoms with Crippen molar-refractivity contribution in [3.63, 3.8) is 0 Å². The van der Waals surface area contributed by atoms with E-state index in [1.165, 1.54) is 0 Å². The molecule has 0 saturated heterocycles. The lowest BCUT2D eigenvalue weighted by Crippen LogP contribution is -2.12. The van der Waals surface area contributed by atoms with Crippen LogP contribution in [0.3, 0.4) is 0 Å². The zero-order valence-electron chi connectivity index (χ0n) is 4.68. The van der Waals surface area contributed by atoms with Crippen LogP contribution in [0.25, 0.3) is 0 Å². The number of hydrogen-bond donors (Lipinski definition) is 2. The summed E-state index contributed by atoms with van der Waals surface area (Å²) in [6.07, 6.45) is 0.760. The fourth-order valence-corrected chi connectivity index (χ4v) is 0.556. The lowest BCUT2D eigenvalue weighted by molar-refractivity contribution is 1.03. The third-order valence-electron chi connectivity index (χ3n) is 0.955. The molecule has 0 unspecified atom stereocenters. The first-order valence-corrected chi connectivity index (χ1v) is 2.39. The van der Waals surface area contributed by atoms with E-state index >= 15 is 0 Å². The zero-order chi connectivity index (χ0) is 5.98. The van der Waals surface area contributed by atoms with Gasteiger partial charge in [0.05, 0.1) is 0 Å². The second-order valence-electron chi connectivity index (χ2n) is 1.71. The van der Waals surface area contributed by atoms with E-state index in [9.17, 15) is 0 Å². The average molecular weight is 112 g/mol. The number of hydrogen-bond acceptors (Lipinski definition) is 3. The molecule has 0 radical (unpaired) electrons. The van der Waals surface area contributed by atoms with Gasteiger partial charge in [-0.1, -0.05) is 0 Å². The van der Waals surface area contributed by atoms with Crippen LogP contribution in [0.5, 0.6) is 0 Å². The molecule has 8 heavy (non-hydrogen) atoms. The topological polar surface area (TPSA) is 62.8 Å². The van der Waals surface area contributed by atoms with Crippen molar-refractivity contribution in [3.8, 4) is 0 Å². The summed E-state index contributed by atoms with van der Waals surface area (Å²) >= 11 is 0. The molecule has 0 aliphatic carbocycles. The molecule has 0 fully saturated rings. The molecule has 1 aliphatic heterocycles. The van der Waals surface area contributed by atoms with Gasteiger partial charge in [0, 0.05) is 12.1 Å². The number of nitrogens with one attached hydrogen (secondary N) is 1. The van der Waals surface area contributed by atoms with Crippen molar-refractivity contribution >= 4 is 11.5 Å². The number of nitrogens with two attached hydrogens (primary N) is 1. The Bertz CT molecular complexity index is 146. The highest BCUT2D eigenvalue weighted by molar-refractivity contribution is 6.06. The predicted molar refractivity (Wildman–Crippen MR) is 32.5 cm³/mol. The highest BCUT2D eigenvalue weighted by Gasteiger charge is 2.06. The van der Waals surface area contributed by atoms with Gasteiger partial charge in [0.1, 0.15) is 5.84 Å². The number of nitrogens with zero attached hydrogens (tertiary/aromatic N) is 2. The van der Waals surface area contributed by atoms with Crippen LogP contribution in [0.15, 0.2) is 10.2 Å². The van der Waals surface area contributed by atoms with E-state index < -0.39 is 0 Å². The van der Waals surface area contributed by atoms with Crippen LogP contribution < -0.4 is 11.3 Å². The maximum atomic E-state index is 4.95. The summed E-state index contributed by atoms with van der Waals surface area (Å²) in [5.41, 5.74) is 3.69.